The van der Waals surface area contributed by atoms with Gasteiger partial charge in [0.2, 0.25) is 0 Å². The molecule has 1 atom stereocenters. The standard InChI is InChI=1S/C17H16F3NO2/c1-11-5-7-14(8-6-11)21-15(16(22)23)10-12-3-2-4-13(9-12)17(18,19)20/h2-9,15,21H,10H2,1H3,(H,22,23). The van der Waals surface area contributed by atoms with Crippen LogP contribution >= 0.6 is 0 Å². The lowest BCUT2D eigenvalue weighted by atomic mass is 10.0. The lowest BCUT2D eigenvalue weighted by Crippen LogP contribution is -2.31. The average Bonchev–Trinajstić information content (AvgIpc) is 2.48. The Morgan fingerprint density at radius 1 is 1.17 bits per heavy atom. The van der Waals surface area contributed by atoms with Gasteiger partial charge in [-0.1, -0.05) is 35.9 Å². The molecular formula is C17H16F3NO2. The summed E-state index contributed by atoms with van der Waals surface area (Å²) >= 11 is 0. The molecule has 0 spiro atoms. The van der Waals surface area contributed by atoms with Crippen LogP contribution in [0.5, 0.6) is 0 Å². The minimum absolute atomic E-state index is 0.0485. The van der Waals surface area contributed by atoms with E-state index in [0.717, 1.165) is 17.7 Å². The van der Waals surface area contributed by atoms with Gasteiger partial charge >= 0.3 is 12.1 Å². The molecule has 6 heteroatoms. The zero-order valence-electron chi connectivity index (χ0n) is 12.4. The predicted molar refractivity (Wildman–Crippen MR) is 81.4 cm³/mol. The SMILES string of the molecule is Cc1ccc(NC(Cc2cccc(C(F)(F)F)c2)C(=O)O)cc1. The first-order chi connectivity index (χ1) is 10.8. The number of anilines is 1. The second-order valence-electron chi connectivity index (χ2n) is 5.30. The molecule has 0 saturated carbocycles. The van der Waals surface area contributed by atoms with Crippen molar-refractivity contribution in [2.24, 2.45) is 0 Å². The van der Waals surface area contributed by atoms with Gasteiger partial charge in [0.25, 0.3) is 0 Å². The molecule has 0 amide bonds. The van der Waals surface area contributed by atoms with E-state index < -0.39 is 23.8 Å². The first-order valence-electron chi connectivity index (χ1n) is 6.98. The van der Waals surface area contributed by atoms with Crippen molar-refractivity contribution < 1.29 is 23.1 Å². The third-order valence-electron chi connectivity index (χ3n) is 3.38. The largest absolute Gasteiger partial charge is 0.480 e. The Hall–Kier alpha value is -2.50. The Morgan fingerprint density at radius 2 is 1.83 bits per heavy atom. The number of aryl methyl sites for hydroxylation is 1. The summed E-state index contributed by atoms with van der Waals surface area (Å²) in [5.74, 6) is -1.12. The van der Waals surface area contributed by atoms with E-state index in [-0.39, 0.29) is 6.42 Å². The summed E-state index contributed by atoms with van der Waals surface area (Å²) in [6, 6.07) is 10.8. The molecule has 0 saturated heterocycles. The molecule has 3 nitrogen and oxygen atoms in total. The Balaban J connectivity index is 2.16. The molecule has 0 aromatic heterocycles. The van der Waals surface area contributed by atoms with Gasteiger partial charge in [0.15, 0.2) is 0 Å². The predicted octanol–water partition coefficient (Wildman–Crippen LogP) is 4.12. The number of hydrogen-bond donors (Lipinski definition) is 2. The minimum Gasteiger partial charge on any atom is -0.480 e. The quantitative estimate of drug-likeness (QED) is 0.870. The highest BCUT2D eigenvalue weighted by Gasteiger charge is 2.30. The van der Waals surface area contributed by atoms with E-state index in [2.05, 4.69) is 5.32 Å². The molecule has 2 N–H and O–H groups in total. The molecule has 0 heterocycles. The number of benzene rings is 2. The van der Waals surface area contributed by atoms with Crippen molar-refractivity contribution in [3.8, 4) is 0 Å². The Bertz CT molecular complexity index is 681. The van der Waals surface area contributed by atoms with Gasteiger partial charge in [0, 0.05) is 12.1 Å². The van der Waals surface area contributed by atoms with Crippen LogP contribution in [0.2, 0.25) is 0 Å². The fraction of sp³-hybridized carbons (Fsp3) is 0.235. The van der Waals surface area contributed by atoms with E-state index in [1.165, 1.54) is 12.1 Å². The fourth-order valence-corrected chi connectivity index (χ4v) is 2.16. The highest BCUT2D eigenvalue weighted by atomic mass is 19.4. The monoisotopic (exact) mass is 323 g/mol. The third-order valence-corrected chi connectivity index (χ3v) is 3.38. The van der Waals surface area contributed by atoms with Crippen LogP contribution in [0.15, 0.2) is 48.5 Å². The van der Waals surface area contributed by atoms with Crippen LogP contribution in [-0.4, -0.2) is 17.1 Å². The van der Waals surface area contributed by atoms with Gasteiger partial charge in [-0.2, -0.15) is 13.2 Å². The maximum absolute atomic E-state index is 12.7. The van der Waals surface area contributed by atoms with Crippen LogP contribution in [0.4, 0.5) is 18.9 Å². The molecule has 122 valence electrons. The molecular weight excluding hydrogens is 307 g/mol. The van der Waals surface area contributed by atoms with Gasteiger partial charge in [-0.25, -0.2) is 4.79 Å². The highest BCUT2D eigenvalue weighted by Crippen LogP contribution is 2.29. The number of carboxylic acid groups (broad SMARTS) is 1. The van der Waals surface area contributed by atoms with Gasteiger partial charge in [0.05, 0.1) is 5.56 Å². The average molecular weight is 323 g/mol. The number of carbonyl (C=O) groups is 1. The third kappa shape index (κ3) is 4.74. The summed E-state index contributed by atoms with van der Waals surface area (Å²) < 4.78 is 38.1. The number of nitrogens with one attached hydrogen (secondary N) is 1. The molecule has 0 aliphatic carbocycles. The normalized spacial score (nSPS) is 12.7. The molecule has 23 heavy (non-hydrogen) atoms. The zero-order valence-corrected chi connectivity index (χ0v) is 12.4. The minimum atomic E-state index is -4.45. The van der Waals surface area contributed by atoms with Gasteiger partial charge < -0.3 is 10.4 Å². The number of alkyl halides is 3. The van der Waals surface area contributed by atoms with Crippen molar-refractivity contribution in [1.29, 1.82) is 0 Å². The van der Waals surface area contributed by atoms with E-state index >= 15 is 0 Å². The van der Waals surface area contributed by atoms with Crippen molar-refractivity contribution in [1.82, 2.24) is 0 Å². The van der Waals surface area contributed by atoms with Crippen molar-refractivity contribution in [3.05, 3.63) is 65.2 Å². The highest BCUT2D eigenvalue weighted by molar-refractivity contribution is 5.77. The number of hydrogen-bond acceptors (Lipinski definition) is 2. The van der Waals surface area contributed by atoms with Crippen LogP contribution in [0.25, 0.3) is 0 Å². The smallest absolute Gasteiger partial charge is 0.416 e. The number of halogens is 3. The van der Waals surface area contributed by atoms with Crippen LogP contribution in [0.1, 0.15) is 16.7 Å². The number of aliphatic carboxylic acids is 1. The molecule has 1 unspecified atom stereocenters. The van der Waals surface area contributed by atoms with Crippen LogP contribution < -0.4 is 5.32 Å². The lowest BCUT2D eigenvalue weighted by molar-refractivity contribution is -0.138. The molecule has 2 aromatic carbocycles. The summed E-state index contributed by atoms with van der Waals surface area (Å²) in [5.41, 5.74) is 1.16. The summed E-state index contributed by atoms with van der Waals surface area (Å²) in [6.07, 6.45) is -4.49. The van der Waals surface area contributed by atoms with Gasteiger partial charge in [-0.3, -0.25) is 0 Å². The molecule has 2 aromatic rings. The molecule has 0 bridgehead atoms. The van der Waals surface area contributed by atoms with E-state index in [9.17, 15) is 23.1 Å². The lowest BCUT2D eigenvalue weighted by Gasteiger charge is -2.17. The maximum atomic E-state index is 12.7. The Kier molecular flexibility index (Phi) is 4.93. The van der Waals surface area contributed by atoms with E-state index in [0.29, 0.717) is 11.3 Å². The van der Waals surface area contributed by atoms with Crippen molar-refractivity contribution in [2.75, 3.05) is 5.32 Å². The van der Waals surface area contributed by atoms with Gasteiger partial charge in [-0.15, -0.1) is 0 Å². The van der Waals surface area contributed by atoms with Crippen molar-refractivity contribution in [2.45, 2.75) is 25.6 Å². The topological polar surface area (TPSA) is 49.3 Å². The maximum Gasteiger partial charge on any atom is 0.416 e. The van der Waals surface area contributed by atoms with E-state index in [1.807, 2.05) is 19.1 Å². The Labute approximate surface area is 131 Å². The summed E-state index contributed by atoms with van der Waals surface area (Å²) in [7, 11) is 0. The number of carboxylic acids is 1. The van der Waals surface area contributed by atoms with Crippen molar-refractivity contribution >= 4 is 11.7 Å². The molecule has 0 aliphatic heterocycles. The number of rotatable bonds is 5. The first kappa shape index (κ1) is 16.9. The van der Waals surface area contributed by atoms with Crippen LogP contribution in [0.3, 0.4) is 0 Å². The second-order valence-corrected chi connectivity index (χ2v) is 5.30. The molecule has 2 rings (SSSR count). The second kappa shape index (κ2) is 6.73. The van der Waals surface area contributed by atoms with Crippen LogP contribution in [0, 0.1) is 6.92 Å². The fourth-order valence-electron chi connectivity index (χ4n) is 2.16. The zero-order chi connectivity index (χ0) is 17.0. The van der Waals surface area contributed by atoms with E-state index in [4.69, 9.17) is 0 Å². The first-order valence-corrected chi connectivity index (χ1v) is 6.98. The molecule has 0 fully saturated rings. The summed E-state index contributed by atoms with van der Waals surface area (Å²) in [6.45, 7) is 1.90. The van der Waals surface area contributed by atoms with Crippen LogP contribution in [-0.2, 0) is 17.4 Å². The van der Waals surface area contributed by atoms with Gasteiger partial charge in [0.1, 0.15) is 6.04 Å². The summed E-state index contributed by atoms with van der Waals surface area (Å²) in [4.78, 5) is 11.4. The molecule has 0 radical (unpaired) electrons. The molecule has 0 aliphatic rings. The van der Waals surface area contributed by atoms with Gasteiger partial charge in [-0.05, 0) is 30.7 Å². The van der Waals surface area contributed by atoms with Crippen molar-refractivity contribution in [3.63, 3.8) is 0 Å². The summed E-state index contributed by atoms with van der Waals surface area (Å²) in [5, 5.41) is 12.1. The Morgan fingerprint density at radius 3 is 2.39 bits per heavy atom. The van der Waals surface area contributed by atoms with E-state index in [1.54, 1.807) is 12.1 Å².